The van der Waals surface area contributed by atoms with Gasteiger partial charge in [-0.3, -0.25) is 24.8 Å². The molecule has 9 heteroatoms. The second-order valence-electron chi connectivity index (χ2n) is 10.3. The zero-order valence-corrected chi connectivity index (χ0v) is 20.7. The van der Waals surface area contributed by atoms with Crippen LogP contribution in [0.1, 0.15) is 27.2 Å². The molecular formula is C28H25N7O2. The van der Waals surface area contributed by atoms with Gasteiger partial charge in [-0.1, -0.05) is 20.8 Å². The minimum atomic E-state index is -0.0998. The summed E-state index contributed by atoms with van der Waals surface area (Å²) < 4.78 is 5.26. The Balaban J connectivity index is 1.36. The predicted octanol–water partition coefficient (Wildman–Crippen LogP) is 6.20. The third kappa shape index (κ3) is 4.47. The predicted molar refractivity (Wildman–Crippen MR) is 143 cm³/mol. The van der Waals surface area contributed by atoms with Gasteiger partial charge in [-0.05, 0) is 35.7 Å². The lowest BCUT2D eigenvalue weighted by Gasteiger charge is -2.17. The normalized spacial score (nSPS) is 11.9. The fourth-order valence-corrected chi connectivity index (χ4v) is 4.43. The summed E-state index contributed by atoms with van der Waals surface area (Å²) in [4.78, 5) is 29.4. The van der Waals surface area contributed by atoms with Crippen LogP contribution in [0, 0.1) is 5.41 Å². The van der Waals surface area contributed by atoms with Crippen molar-refractivity contribution in [1.29, 1.82) is 0 Å². The largest absolute Gasteiger partial charge is 0.472 e. The van der Waals surface area contributed by atoms with Crippen LogP contribution in [0.2, 0.25) is 0 Å². The summed E-state index contributed by atoms with van der Waals surface area (Å²) in [5.74, 6) is -0.0462. The SMILES string of the molecule is CC(C)(C)CC(=O)Nc1cncc(-c2cc3c(-c4cc5c(-c6ccoc6)nccc5[nH]4)n[nH]c3cn2)c1. The van der Waals surface area contributed by atoms with Crippen molar-refractivity contribution in [3.8, 4) is 33.9 Å². The number of carbonyl (C=O) groups is 1. The average molecular weight is 492 g/mol. The Morgan fingerprint density at radius 2 is 1.84 bits per heavy atom. The van der Waals surface area contributed by atoms with Crippen molar-refractivity contribution < 1.29 is 9.21 Å². The molecule has 1 amide bonds. The molecule has 6 heterocycles. The van der Waals surface area contributed by atoms with E-state index in [0.717, 1.165) is 55.7 Å². The lowest BCUT2D eigenvalue weighted by Crippen LogP contribution is -2.19. The van der Waals surface area contributed by atoms with Gasteiger partial charge in [-0.15, -0.1) is 0 Å². The van der Waals surface area contributed by atoms with E-state index in [2.05, 4.69) is 35.5 Å². The van der Waals surface area contributed by atoms with Gasteiger partial charge in [0.2, 0.25) is 5.91 Å². The maximum absolute atomic E-state index is 12.4. The van der Waals surface area contributed by atoms with Gasteiger partial charge in [-0.25, -0.2) is 0 Å². The van der Waals surface area contributed by atoms with Gasteiger partial charge in [0.1, 0.15) is 5.69 Å². The van der Waals surface area contributed by atoms with Gasteiger partial charge < -0.3 is 14.7 Å². The maximum Gasteiger partial charge on any atom is 0.224 e. The van der Waals surface area contributed by atoms with Crippen LogP contribution in [-0.4, -0.2) is 36.0 Å². The number of pyridine rings is 3. The minimum absolute atomic E-state index is 0.0462. The molecule has 6 aromatic rings. The average Bonchev–Trinajstić information content (AvgIpc) is 3.61. The summed E-state index contributed by atoms with van der Waals surface area (Å²) in [7, 11) is 0. The smallest absolute Gasteiger partial charge is 0.224 e. The number of carbonyl (C=O) groups excluding carboxylic acids is 1. The molecule has 0 aliphatic carbocycles. The standard InChI is InChI=1S/C28H25N7O2/c1-28(2,3)11-25(36)32-18-8-17(12-29-13-18)22-9-20-24(14-31-22)34-35-27(20)23-10-19-21(33-23)4-6-30-26(19)16-5-7-37-15-16/h4-10,12-15,33H,11H2,1-3H3,(H,32,36)(H,34,35). The second-order valence-corrected chi connectivity index (χ2v) is 10.3. The van der Waals surface area contributed by atoms with Gasteiger partial charge in [-0.2, -0.15) is 5.10 Å². The van der Waals surface area contributed by atoms with Gasteiger partial charge in [0.05, 0.1) is 53.2 Å². The second kappa shape index (κ2) is 8.70. The molecule has 6 rings (SSSR count). The van der Waals surface area contributed by atoms with E-state index in [0.29, 0.717) is 12.1 Å². The van der Waals surface area contributed by atoms with E-state index >= 15 is 0 Å². The number of anilines is 1. The zero-order chi connectivity index (χ0) is 25.6. The van der Waals surface area contributed by atoms with E-state index in [1.165, 1.54) is 0 Å². The first-order valence-electron chi connectivity index (χ1n) is 11.9. The molecule has 3 N–H and O–H groups in total. The summed E-state index contributed by atoms with van der Waals surface area (Å²) in [5.41, 5.74) is 7.21. The van der Waals surface area contributed by atoms with E-state index in [4.69, 9.17) is 4.42 Å². The van der Waals surface area contributed by atoms with Crippen molar-refractivity contribution in [1.82, 2.24) is 30.1 Å². The van der Waals surface area contributed by atoms with Crippen molar-refractivity contribution in [2.24, 2.45) is 5.41 Å². The van der Waals surface area contributed by atoms with Crippen LogP contribution in [0.5, 0.6) is 0 Å². The van der Waals surface area contributed by atoms with Crippen LogP contribution >= 0.6 is 0 Å². The van der Waals surface area contributed by atoms with Crippen LogP contribution in [0.25, 0.3) is 55.7 Å². The molecule has 0 bridgehead atoms. The lowest BCUT2D eigenvalue weighted by molar-refractivity contribution is -0.117. The monoisotopic (exact) mass is 491 g/mol. The first kappa shape index (κ1) is 22.7. The van der Waals surface area contributed by atoms with Crippen molar-refractivity contribution in [3.63, 3.8) is 0 Å². The Morgan fingerprint density at radius 3 is 2.65 bits per heavy atom. The number of rotatable bonds is 5. The number of hydrogen-bond donors (Lipinski definition) is 3. The molecule has 6 aromatic heterocycles. The third-order valence-electron chi connectivity index (χ3n) is 6.05. The molecule has 0 unspecified atom stereocenters. The van der Waals surface area contributed by atoms with Crippen LogP contribution in [-0.2, 0) is 4.79 Å². The van der Waals surface area contributed by atoms with Crippen LogP contribution in [0.15, 0.2) is 72.1 Å². The lowest BCUT2D eigenvalue weighted by atomic mass is 9.92. The quantitative estimate of drug-likeness (QED) is 0.264. The van der Waals surface area contributed by atoms with Crippen molar-refractivity contribution in [2.75, 3.05) is 5.32 Å². The van der Waals surface area contributed by atoms with E-state index in [1.54, 1.807) is 37.3 Å². The first-order valence-corrected chi connectivity index (χ1v) is 11.9. The zero-order valence-electron chi connectivity index (χ0n) is 20.7. The summed E-state index contributed by atoms with van der Waals surface area (Å²) in [5, 5.41) is 12.5. The van der Waals surface area contributed by atoms with Crippen LogP contribution < -0.4 is 5.32 Å². The van der Waals surface area contributed by atoms with Gasteiger partial charge in [0, 0.05) is 46.2 Å². The molecule has 184 valence electrons. The molecule has 0 radical (unpaired) electrons. The fourth-order valence-electron chi connectivity index (χ4n) is 4.43. The molecule has 0 spiro atoms. The number of aromatic nitrogens is 6. The highest BCUT2D eigenvalue weighted by atomic mass is 16.3. The molecule has 9 nitrogen and oxygen atoms in total. The van der Waals surface area contributed by atoms with E-state index < -0.39 is 0 Å². The van der Waals surface area contributed by atoms with Gasteiger partial charge in [0.15, 0.2) is 0 Å². The highest BCUT2D eigenvalue weighted by Gasteiger charge is 2.18. The summed E-state index contributed by atoms with van der Waals surface area (Å²) >= 11 is 0. The molecule has 0 aliphatic rings. The van der Waals surface area contributed by atoms with Crippen LogP contribution in [0.4, 0.5) is 5.69 Å². The van der Waals surface area contributed by atoms with E-state index in [1.807, 2.05) is 51.1 Å². The highest BCUT2D eigenvalue weighted by molar-refractivity contribution is 6.00. The first-order chi connectivity index (χ1) is 17.8. The number of fused-ring (bicyclic) bond motifs is 2. The van der Waals surface area contributed by atoms with Gasteiger partial charge >= 0.3 is 0 Å². The van der Waals surface area contributed by atoms with Crippen molar-refractivity contribution in [2.45, 2.75) is 27.2 Å². The number of furan rings is 1. The molecule has 0 aliphatic heterocycles. The van der Waals surface area contributed by atoms with E-state index in [-0.39, 0.29) is 11.3 Å². The highest BCUT2D eigenvalue weighted by Crippen LogP contribution is 2.34. The molecular weight excluding hydrogens is 466 g/mol. The molecule has 0 atom stereocenters. The summed E-state index contributed by atoms with van der Waals surface area (Å²) in [6, 6.07) is 9.74. The Kier molecular flexibility index (Phi) is 5.33. The number of aromatic amines is 2. The molecule has 0 saturated carbocycles. The maximum atomic E-state index is 12.4. The van der Waals surface area contributed by atoms with Crippen molar-refractivity contribution >= 4 is 33.4 Å². The number of nitrogens with one attached hydrogen (secondary N) is 3. The number of nitrogens with zero attached hydrogens (tertiary/aromatic N) is 4. The molecule has 37 heavy (non-hydrogen) atoms. The number of amides is 1. The Labute approximate surface area is 212 Å². The van der Waals surface area contributed by atoms with E-state index in [9.17, 15) is 4.79 Å². The topological polar surface area (TPSA) is 125 Å². The molecule has 0 aromatic carbocycles. The minimum Gasteiger partial charge on any atom is -0.472 e. The molecule has 0 fully saturated rings. The number of hydrogen-bond acceptors (Lipinski definition) is 6. The van der Waals surface area contributed by atoms with Crippen LogP contribution in [0.3, 0.4) is 0 Å². The van der Waals surface area contributed by atoms with Crippen molar-refractivity contribution in [3.05, 3.63) is 67.6 Å². The molecule has 0 saturated heterocycles. The Bertz CT molecular complexity index is 1740. The Morgan fingerprint density at radius 1 is 0.973 bits per heavy atom. The van der Waals surface area contributed by atoms with Gasteiger partial charge in [0.25, 0.3) is 0 Å². The number of H-pyrrole nitrogens is 2. The Hall–Kier alpha value is -4.79. The fraction of sp³-hybridized carbons (Fsp3) is 0.179. The summed E-state index contributed by atoms with van der Waals surface area (Å²) in [6.45, 7) is 6.10. The summed E-state index contributed by atoms with van der Waals surface area (Å²) in [6.07, 6.45) is 10.6. The third-order valence-corrected chi connectivity index (χ3v) is 6.05.